The number of aromatic hydroxyl groups is 1. The predicted octanol–water partition coefficient (Wildman–Crippen LogP) is 2.86. The molecule has 2 aliphatic heterocycles. The van der Waals surface area contributed by atoms with Crippen molar-refractivity contribution in [3.8, 4) is 5.75 Å². The Kier molecular flexibility index (Phi) is 6.33. The first-order chi connectivity index (χ1) is 15.7. The molecular formula is C25H35N5O2. The molecule has 1 aromatic carbocycles. The van der Waals surface area contributed by atoms with Crippen molar-refractivity contribution < 1.29 is 10.2 Å². The molecule has 1 aliphatic carbocycles. The van der Waals surface area contributed by atoms with Gasteiger partial charge in [-0.15, -0.1) is 0 Å². The SMILES string of the molecule is CCc1cc(O)ccc1C1CCC2C(C1)NNC2c1ncc(C2=CCN(CCO)CC2)[nH]1. The Balaban J connectivity index is 1.25. The van der Waals surface area contributed by atoms with Crippen LogP contribution in [0.1, 0.15) is 67.2 Å². The highest BCUT2D eigenvalue weighted by Crippen LogP contribution is 2.44. The van der Waals surface area contributed by atoms with Crippen LogP contribution in [0.15, 0.2) is 30.5 Å². The van der Waals surface area contributed by atoms with Crippen LogP contribution in [0.3, 0.4) is 0 Å². The van der Waals surface area contributed by atoms with Crippen LogP contribution in [-0.2, 0) is 6.42 Å². The molecule has 2 aromatic rings. The molecule has 1 saturated heterocycles. The second kappa shape index (κ2) is 9.35. The van der Waals surface area contributed by atoms with Gasteiger partial charge in [0.15, 0.2) is 0 Å². The summed E-state index contributed by atoms with van der Waals surface area (Å²) in [6.07, 6.45) is 9.59. The fourth-order valence-electron chi connectivity index (χ4n) is 5.87. The maximum atomic E-state index is 9.86. The molecule has 4 unspecified atom stereocenters. The van der Waals surface area contributed by atoms with Crippen LogP contribution in [-0.4, -0.2) is 57.4 Å². The average molecular weight is 438 g/mol. The number of nitrogens with zero attached hydrogens (tertiary/aromatic N) is 2. The number of aromatic amines is 1. The molecule has 0 amide bonds. The number of aryl methyl sites for hydroxylation is 1. The highest BCUT2D eigenvalue weighted by atomic mass is 16.3. The van der Waals surface area contributed by atoms with Gasteiger partial charge in [0.1, 0.15) is 11.6 Å². The Morgan fingerprint density at radius 3 is 2.91 bits per heavy atom. The normalized spacial score (nSPS) is 28.5. The number of H-pyrrole nitrogens is 1. The molecule has 0 spiro atoms. The van der Waals surface area contributed by atoms with Crippen molar-refractivity contribution in [2.75, 3.05) is 26.2 Å². The average Bonchev–Trinajstić information content (AvgIpc) is 3.46. The predicted molar refractivity (Wildman–Crippen MR) is 125 cm³/mol. The molecule has 172 valence electrons. The summed E-state index contributed by atoms with van der Waals surface area (Å²) in [6.45, 7) is 4.98. The number of aliphatic hydroxyl groups excluding tert-OH is 1. The summed E-state index contributed by atoms with van der Waals surface area (Å²) in [7, 11) is 0. The minimum atomic E-state index is 0.204. The Morgan fingerprint density at radius 1 is 1.22 bits per heavy atom. The number of fused-ring (bicyclic) bond motifs is 1. The summed E-state index contributed by atoms with van der Waals surface area (Å²) in [5, 5.41) is 19.0. The van der Waals surface area contributed by atoms with E-state index in [1.807, 2.05) is 18.3 Å². The van der Waals surface area contributed by atoms with Gasteiger partial charge in [0, 0.05) is 25.7 Å². The number of benzene rings is 1. The van der Waals surface area contributed by atoms with Gasteiger partial charge in [0.25, 0.3) is 0 Å². The first kappa shape index (κ1) is 21.6. The second-order valence-electron chi connectivity index (χ2n) is 9.47. The topological polar surface area (TPSA) is 96.4 Å². The molecular weight excluding hydrogens is 402 g/mol. The van der Waals surface area contributed by atoms with Gasteiger partial charge in [-0.2, -0.15) is 0 Å². The van der Waals surface area contributed by atoms with E-state index in [0.717, 1.165) is 63.3 Å². The van der Waals surface area contributed by atoms with Crippen LogP contribution in [0.25, 0.3) is 5.57 Å². The van der Waals surface area contributed by atoms with E-state index < -0.39 is 0 Å². The zero-order valence-corrected chi connectivity index (χ0v) is 18.8. The lowest BCUT2D eigenvalue weighted by Crippen LogP contribution is -2.35. The summed E-state index contributed by atoms with van der Waals surface area (Å²) >= 11 is 0. The Bertz CT molecular complexity index is 971. The van der Waals surface area contributed by atoms with Gasteiger partial charge in [-0.25, -0.2) is 10.4 Å². The fourth-order valence-corrected chi connectivity index (χ4v) is 5.87. The number of hydrogen-bond donors (Lipinski definition) is 5. The highest BCUT2D eigenvalue weighted by Gasteiger charge is 2.42. The van der Waals surface area contributed by atoms with E-state index in [9.17, 15) is 5.11 Å². The van der Waals surface area contributed by atoms with Crippen molar-refractivity contribution in [2.24, 2.45) is 5.92 Å². The number of aromatic nitrogens is 2. The van der Waals surface area contributed by atoms with Gasteiger partial charge in [-0.3, -0.25) is 10.3 Å². The molecule has 0 radical (unpaired) electrons. The highest BCUT2D eigenvalue weighted by molar-refractivity contribution is 5.63. The first-order valence-corrected chi connectivity index (χ1v) is 12.1. The second-order valence-corrected chi connectivity index (χ2v) is 9.47. The number of hydrogen-bond acceptors (Lipinski definition) is 6. The first-order valence-electron chi connectivity index (χ1n) is 12.1. The monoisotopic (exact) mass is 437 g/mol. The van der Waals surface area contributed by atoms with E-state index in [1.165, 1.54) is 16.7 Å². The maximum Gasteiger partial charge on any atom is 0.125 e. The number of phenols is 1. The van der Waals surface area contributed by atoms with Gasteiger partial charge >= 0.3 is 0 Å². The van der Waals surface area contributed by atoms with Crippen LogP contribution >= 0.6 is 0 Å². The lowest BCUT2D eigenvalue weighted by molar-refractivity contribution is 0.208. The third-order valence-electron chi connectivity index (χ3n) is 7.65. The Labute approximate surface area is 189 Å². The van der Waals surface area contributed by atoms with E-state index in [4.69, 9.17) is 10.1 Å². The number of rotatable bonds is 6. The maximum absolute atomic E-state index is 9.86. The van der Waals surface area contributed by atoms with Crippen LogP contribution < -0.4 is 10.9 Å². The summed E-state index contributed by atoms with van der Waals surface area (Å²) in [4.78, 5) is 10.6. The molecule has 2 fully saturated rings. The minimum Gasteiger partial charge on any atom is -0.508 e. The number of β-amino-alcohol motifs (C(OH)–C–C–N with tert-alkyl or cyclic N) is 1. The summed E-state index contributed by atoms with van der Waals surface area (Å²) in [5.41, 5.74) is 12.2. The van der Waals surface area contributed by atoms with Crippen molar-refractivity contribution in [1.29, 1.82) is 0 Å². The molecule has 1 saturated carbocycles. The van der Waals surface area contributed by atoms with E-state index in [0.29, 0.717) is 23.6 Å². The summed E-state index contributed by atoms with van der Waals surface area (Å²) in [6, 6.07) is 6.51. The van der Waals surface area contributed by atoms with Crippen LogP contribution in [0.5, 0.6) is 5.75 Å². The standard InChI is InChI=1S/C25H35N5O2/c1-2-16-13-19(32)4-6-20(16)18-3-5-21-22(14-18)28-29-24(21)25-26-15-23(27-25)17-7-9-30(10-8-17)11-12-31/h4,6-7,13,15,18,21-22,24,28-29,31-32H,2-3,5,8-12,14H2,1H3,(H,26,27). The van der Waals surface area contributed by atoms with Crippen molar-refractivity contribution in [3.63, 3.8) is 0 Å². The number of hydrazine groups is 1. The van der Waals surface area contributed by atoms with Crippen LogP contribution in [0, 0.1) is 5.92 Å². The quantitative estimate of drug-likeness (QED) is 0.477. The largest absolute Gasteiger partial charge is 0.508 e. The van der Waals surface area contributed by atoms with E-state index in [-0.39, 0.29) is 12.6 Å². The molecule has 1 aromatic heterocycles. The smallest absolute Gasteiger partial charge is 0.125 e. The molecule has 4 atom stereocenters. The van der Waals surface area contributed by atoms with Gasteiger partial charge in [-0.05, 0) is 72.8 Å². The molecule has 3 heterocycles. The molecule has 7 heteroatoms. The molecule has 5 rings (SSSR count). The third-order valence-corrected chi connectivity index (χ3v) is 7.65. The van der Waals surface area contributed by atoms with Crippen molar-refractivity contribution in [1.82, 2.24) is 25.7 Å². The lowest BCUT2D eigenvalue weighted by atomic mass is 9.73. The van der Waals surface area contributed by atoms with E-state index in [2.05, 4.69) is 39.8 Å². The molecule has 3 aliphatic rings. The summed E-state index contributed by atoms with van der Waals surface area (Å²) in [5.74, 6) is 2.44. The number of phenolic OH excluding ortho intramolecular Hbond substituents is 1. The third kappa shape index (κ3) is 4.22. The Morgan fingerprint density at radius 2 is 2.12 bits per heavy atom. The van der Waals surface area contributed by atoms with E-state index in [1.54, 1.807) is 0 Å². The van der Waals surface area contributed by atoms with Gasteiger partial charge in [0.05, 0.1) is 24.5 Å². The fraction of sp³-hybridized carbons (Fsp3) is 0.560. The van der Waals surface area contributed by atoms with Crippen LogP contribution in [0.4, 0.5) is 0 Å². The molecule has 0 bridgehead atoms. The van der Waals surface area contributed by atoms with Crippen molar-refractivity contribution in [3.05, 3.63) is 53.1 Å². The van der Waals surface area contributed by atoms with Crippen molar-refractivity contribution in [2.45, 2.75) is 57.0 Å². The zero-order chi connectivity index (χ0) is 22.1. The van der Waals surface area contributed by atoms with Gasteiger partial charge in [-0.1, -0.05) is 19.1 Å². The molecule has 7 nitrogen and oxygen atoms in total. The summed E-state index contributed by atoms with van der Waals surface area (Å²) < 4.78 is 0. The Hall–Kier alpha value is -2.19. The van der Waals surface area contributed by atoms with Gasteiger partial charge < -0.3 is 15.2 Å². The minimum absolute atomic E-state index is 0.204. The zero-order valence-electron chi connectivity index (χ0n) is 18.8. The number of imidazole rings is 1. The lowest BCUT2D eigenvalue weighted by Gasteiger charge is -2.33. The molecule has 5 N–H and O–H groups in total. The van der Waals surface area contributed by atoms with Crippen molar-refractivity contribution >= 4 is 5.57 Å². The number of aliphatic hydroxyl groups is 1. The van der Waals surface area contributed by atoms with Crippen LogP contribution in [0.2, 0.25) is 0 Å². The number of nitrogens with one attached hydrogen (secondary N) is 3. The molecule has 32 heavy (non-hydrogen) atoms. The van der Waals surface area contributed by atoms with Gasteiger partial charge in [0.2, 0.25) is 0 Å². The van der Waals surface area contributed by atoms with E-state index >= 15 is 0 Å².